The summed E-state index contributed by atoms with van der Waals surface area (Å²) in [6, 6.07) is 11.9. The van der Waals surface area contributed by atoms with Gasteiger partial charge >= 0.3 is 12.1 Å². The maximum absolute atomic E-state index is 13.9. The number of halogens is 2. The summed E-state index contributed by atoms with van der Waals surface area (Å²) in [4.78, 5) is 23.0. The molecule has 24 heavy (non-hydrogen) atoms. The minimum atomic E-state index is -1.33. The molecule has 0 bridgehead atoms. The Labute approximate surface area is 143 Å². The van der Waals surface area contributed by atoms with Crippen molar-refractivity contribution in [2.45, 2.75) is 19.1 Å². The lowest BCUT2D eigenvalue weighted by atomic mass is 10.1. The van der Waals surface area contributed by atoms with Crippen LogP contribution in [0.5, 0.6) is 0 Å². The number of benzene rings is 2. The second kappa shape index (κ2) is 8.31. The summed E-state index contributed by atoms with van der Waals surface area (Å²) in [6.07, 6.45) is -1.14. The average Bonchev–Trinajstić information content (AvgIpc) is 2.57. The normalized spacial score (nSPS) is 11.6. The summed E-state index contributed by atoms with van der Waals surface area (Å²) in [7, 11) is 0. The zero-order chi connectivity index (χ0) is 17.5. The number of hydrogen-bond acceptors (Lipinski definition) is 3. The van der Waals surface area contributed by atoms with E-state index < -0.39 is 23.9 Å². The molecule has 5 nitrogen and oxygen atoms in total. The van der Waals surface area contributed by atoms with Crippen molar-refractivity contribution in [3.05, 3.63) is 70.5 Å². The van der Waals surface area contributed by atoms with Crippen molar-refractivity contribution in [1.82, 2.24) is 5.32 Å². The lowest BCUT2D eigenvalue weighted by Gasteiger charge is -2.15. The van der Waals surface area contributed by atoms with Crippen molar-refractivity contribution >= 4 is 23.7 Å². The molecule has 0 heterocycles. The van der Waals surface area contributed by atoms with E-state index in [0.29, 0.717) is 0 Å². The van der Waals surface area contributed by atoms with Crippen LogP contribution >= 0.6 is 11.6 Å². The molecule has 2 N–H and O–H groups in total. The number of hydrogen-bond donors (Lipinski definition) is 2. The van der Waals surface area contributed by atoms with E-state index in [1.165, 1.54) is 18.2 Å². The topological polar surface area (TPSA) is 75.6 Å². The van der Waals surface area contributed by atoms with Crippen LogP contribution in [0.3, 0.4) is 0 Å². The number of rotatable bonds is 6. The Morgan fingerprint density at radius 2 is 1.88 bits per heavy atom. The Morgan fingerprint density at radius 3 is 2.54 bits per heavy atom. The molecule has 0 aliphatic rings. The van der Waals surface area contributed by atoms with Crippen LogP contribution in [0.2, 0.25) is 5.02 Å². The molecule has 0 aliphatic heterocycles. The Balaban J connectivity index is 1.96. The van der Waals surface area contributed by atoms with Gasteiger partial charge in [0.1, 0.15) is 18.5 Å². The molecule has 7 heteroatoms. The molecule has 1 amide bonds. The maximum atomic E-state index is 13.9. The highest BCUT2D eigenvalue weighted by atomic mass is 35.5. The van der Waals surface area contributed by atoms with Crippen molar-refractivity contribution in [3.8, 4) is 0 Å². The lowest BCUT2D eigenvalue weighted by molar-refractivity contribution is -0.139. The first-order valence-corrected chi connectivity index (χ1v) is 7.48. The van der Waals surface area contributed by atoms with Gasteiger partial charge in [0.15, 0.2) is 0 Å². The van der Waals surface area contributed by atoms with Crippen molar-refractivity contribution in [2.75, 3.05) is 0 Å². The van der Waals surface area contributed by atoms with Crippen LogP contribution in [0.1, 0.15) is 11.1 Å². The van der Waals surface area contributed by atoms with Gasteiger partial charge in [0.25, 0.3) is 0 Å². The second-order valence-electron chi connectivity index (χ2n) is 5.01. The van der Waals surface area contributed by atoms with Crippen molar-refractivity contribution < 1.29 is 23.8 Å². The summed E-state index contributed by atoms with van der Waals surface area (Å²) in [5.74, 6) is -2.00. The van der Waals surface area contributed by atoms with Gasteiger partial charge in [-0.05, 0) is 17.2 Å². The highest BCUT2D eigenvalue weighted by Gasteiger charge is 2.23. The van der Waals surface area contributed by atoms with E-state index in [4.69, 9.17) is 16.3 Å². The van der Waals surface area contributed by atoms with Gasteiger partial charge in [-0.2, -0.15) is 0 Å². The third kappa shape index (κ3) is 4.96. The minimum Gasteiger partial charge on any atom is -0.480 e. The van der Waals surface area contributed by atoms with E-state index in [0.717, 1.165) is 5.56 Å². The number of carboxylic acid groups (broad SMARTS) is 1. The summed E-state index contributed by atoms with van der Waals surface area (Å²) < 4.78 is 18.8. The molecule has 2 aromatic rings. The third-order valence-electron chi connectivity index (χ3n) is 3.26. The molecular weight excluding hydrogens is 337 g/mol. The number of ether oxygens (including phenoxy) is 1. The molecule has 0 spiro atoms. The molecule has 0 aliphatic carbocycles. The molecule has 2 aromatic carbocycles. The third-order valence-corrected chi connectivity index (χ3v) is 3.55. The second-order valence-corrected chi connectivity index (χ2v) is 5.42. The SMILES string of the molecule is O=C(N[C@@H](Cc1cccc(Cl)c1F)C(=O)O)OCc1ccccc1. The lowest BCUT2D eigenvalue weighted by Crippen LogP contribution is -2.42. The molecule has 0 fully saturated rings. The van der Waals surface area contributed by atoms with E-state index in [-0.39, 0.29) is 23.6 Å². The van der Waals surface area contributed by atoms with Crippen LogP contribution in [0.4, 0.5) is 9.18 Å². The summed E-state index contributed by atoms with van der Waals surface area (Å²) in [5, 5.41) is 11.3. The molecule has 0 aromatic heterocycles. The number of amides is 1. The molecular formula is C17H15ClFNO4. The Morgan fingerprint density at radius 1 is 1.17 bits per heavy atom. The van der Waals surface area contributed by atoms with Crippen LogP contribution in [-0.2, 0) is 22.6 Å². The van der Waals surface area contributed by atoms with E-state index in [9.17, 15) is 19.1 Å². The molecule has 126 valence electrons. The molecule has 0 saturated heterocycles. The van der Waals surface area contributed by atoms with Crippen molar-refractivity contribution in [3.63, 3.8) is 0 Å². The maximum Gasteiger partial charge on any atom is 0.408 e. The minimum absolute atomic E-state index is 0.00450. The molecule has 2 rings (SSSR count). The van der Waals surface area contributed by atoms with Gasteiger partial charge in [-0.3, -0.25) is 0 Å². The van der Waals surface area contributed by atoms with Crippen LogP contribution in [-0.4, -0.2) is 23.2 Å². The van der Waals surface area contributed by atoms with E-state index >= 15 is 0 Å². The summed E-state index contributed by atoms with van der Waals surface area (Å²) in [5.41, 5.74) is 0.860. The smallest absolute Gasteiger partial charge is 0.408 e. The zero-order valence-electron chi connectivity index (χ0n) is 12.5. The van der Waals surface area contributed by atoms with Gasteiger partial charge in [0, 0.05) is 6.42 Å². The van der Waals surface area contributed by atoms with Gasteiger partial charge in [0.2, 0.25) is 0 Å². The van der Waals surface area contributed by atoms with Gasteiger partial charge in [-0.15, -0.1) is 0 Å². The quantitative estimate of drug-likeness (QED) is 0.836. The Hall–Kier alpha value is -2.60. The molecule has 0 saturated carbocycles. The summed E-state index contributed by atoms with van der Waals surface area (Å²) >= 11 is 5.67. The number of carboxylic acids is 1. The van der Waals surface area contributed by atoms with Crippen LogP contribution in [0, 0.1) is 5.82 Å². The fourth-order valence-electron chi connectivity index (χ4n) is 2.03. The fourth-order valence-corrected chi connectivity index (χ4v) is 2.23. The van der Waals surface area contributed by atoms with E-state index in [2.05, 4.69) is 5.32 Å². The van der Waals surface area contributed by atoms with E-state index in [1.54, 1.807) is 24.3 Å². The highest BCUT2D eigenvalue weighted by Crippen LogP contribution is 2.19. The van der Waals surface area contributed by atoms with Crippen molar-refractivity contribution in [2.24, 2.45) is 0 Å². The monoisotopic (exact) mass is 351 g/mol. The molecule has 0 radical (unpaired) electrons. The number of nitrogens with one attached hydrogen (secondary N) is 1. The summed E-state index contributed by atoms with van der Waals surface area (Å²) in [6.45, 7) is 0.00450. The Kier molecular flexibility index (Phi) is 6.14. The fraction of sp³-hybridized carbons (Fsp3) is 0.176. The first-order chi connectivity index (χ1) is 11.5. The number of carbonyl (C=O) groups is 2. The number of carbonyl (C=O) groups excluding carboxylic acids is 1. The first-order valence-electron chi connectivity index (χ1n) is 7.10. The van der Waals surface area contributed by atoms with Gasteiger partial charge in [-0.1, -0.05) is 54.1 Å². The predicted molar refractivity (Wildman–Crippen MR) is 86.3 cm³/mol. The first kappa shape index (κ1) is 17.7. The predicted octanol–water partition coefficient (Wildman–Crippen LogP) is 3.40. The van der Waals surface area contributed by atoms with Crippen LogP contribution in [0.15, 0.2) is 48.5 Å². The van der Waals surface area contributed by atoms with Gasteiger partial charge in [0.05, 0.1) is 5.02 Å². The van der Waals surface area contributed by atoms with Crippen molar-refractivity contribution in [1.29, 1.82) is 0 Å². The standard InChI is InChI=1S/C17H15ClFNO4/c18-13-8-4-7-12(15(13)19)9-14(16(21)22)20-17(23)24-10-11-5-2-1-3-6-11/h1-8,14H,9-10H2,(H,20,23)(H,21,22)/t14-/m0/s1. The largest absolute Gasteiger partial charge is 0.480 e. The molecule has 0 unspecified atom stereocenters. The highest BCUT2D eigenvalue weighted by molar-refractivity contribution is 6.30. The van der Waals surface area contributed by atoms with Gasteiger partial charge < -0.3 is 15.2 Å². The van der Waals surface area contributed by atoms with Crippen LogP contribution in [0.25, 0.3) is 0 Å². The molecule has 1 atom stereocenters. The zero-order valence-corrected chi connectivity index (χ0v) is 13.3. The average molecular weight is 352 g/mol. The van der Waals surface area contributed by atoms with Crippen LogP contribution < -0.4 is 5.32 Å². The number of aliphatic carboxylic acids is 1. The number of alkyl carbamates (subject to hydrolysis) is 1. The van der Waals surface area contributed by atoms with E-state index in [1.807, 2.05) is 6.07 Å². The van der Waals surface area contributed by atoms with Gasteiger partial charge in [-0.25, -0.2) is 14.0 Å². The Bertz CT molecular complexity index is 724.